The number of hydrogen-bond donors (Lipinski definition) is 2. The van der Waals surface area contributed by atoms with Crippen molar-refractivity contribution in [3.05, 3.63) is 35.9 Å². The van der Waals surface area contributed by atoms with Crippen molar-refractivity contribution in [2.45, 2.75) is 44.2 Å². The van der Waals surface area contributed by atoms with E-state index in [0.717, 1.165) is 51.7 Å². The SMILES string of the molecule is O=C(NC[C@]1(NC(=O)C2CC2)CCN(Cc2ccccc2)C1)C1CC1. The summed E-state index contributed by atoms with van der Waals surface area (Å²) in [5.74, 6) is 0.723. The number of carbonyl (C=O) groups is 2. The van der Waals surface area contributed by atoms with E-state index in [1.807, 2.05) is 6.07 Å². The third-order valence-electron chi connectivity index (χ3n) is 5.57. The molecular weight excluding hydrogens is 314 g/mol. The normalized spacial score (nSPS) is 26.4. The van der Waals surface area contributed by atoms with Crippen LogP contribution in [0.5, 0.6) is 0 Å². The summed E-state index contributed by atoms with van der Waals surface area (Å²) < 4.78 is 0. The van der Waals surface area contributed by atoms with E-state index in [0.29, 0.717) is 6.54 Å². The van der Waals surface area contributed by atoms with Crippen LogP contribution in [0.3, 0.4) is 0 Å². The molecule has 5 heteroatoms. The van der Waals surface area contributed by atoms with Gasteiger partial charge in [-0.05, 0) is 37.7 Å². The number of hydrogen-bond acceptors (Lipinski definition) is 3. The summed E-state index contributed by atoms with van der Waals surface area (Å²) in [5, 5.41) is 6.39. The Bertz CT molecular complexity index is 640. The van der Waals surface area contributed by atoms with Gasteiger partial charge in [-0.15, -0.1) is 0 Å². The maximum Gasteiger partial charge on any atom is 0.223 e. The average Bonchev–Trinajstić information content (AvgIpc) is 3.52. The molecule has 3 aliphatic rings. The van der Waals surface area contributed by atoms with Gasteiger partial charge in [0.15, 0.2) is 0 Å². The summed E-state index contributed by atoms with van der Waals surface area (Å²) in [6.07, 6.45) is 4.91. The summed E-state index contributed by atoms with van der Waals surface area (Å²) in [5.41, 5.74) is 0.966. The first kappa shape index (κ1) is 16.6. The Morgan fingerprint density at radius 2 is 1.72 bits per heavy atom. The van der Waals surface area contributed by atoms with Crippen molar-refractivity contribution in [3.8, 4) is 0 Å². The molecule has 2 amide bonds. The molecule has 4 rings (SSSR count). The molecule has 0 aromatic heterocycles. The van der Waals surface area contributed by atoms with Gasteiger partial charge in [0, 0.05) is 38.0 Å². The zero-order valence-electron chi connectivity index (χ0n) is 14.7. The second-order valence-electron chi connectivity index (χ2n) is 7.98. The summed E-state index contributed by atoms with van der Waals surface area (Å²) >= 11 is 0. The molecule has 2 saturated carbocycles. The molecule has 1 aromatic carbocycles. The number of amides is 2. The van der Waals surface area contributed by atoms with E-state index < -0.39 is 0 Å². The molecule has 1 heterocycles. The number of nitrogens with zero attached hydrogens (tertiary/aromatic N) is 1. The molecule has 0 radical (unpaired) electrons. The van der Waals surface area contributed by atoms with Gasteiger partial charge in [-0.2, -0.15) is 0 Å². The van der Waals surface area contributed by atoms with Crippen LogP contribution < -0.4 is 10.6 Å². The highest BCUT2D eigenvalue weighted by Crippen LogP contribution is 2.32. The van der Waals surface area contributed by atoms with Crippen LogP contribution in [0.4, 0.5) is 0 Å². The van der Waals surface area contributed by atoms with E-state index in [-0.39, 0.29) is 29.2 Å². The third-order valence-corrected chi connectivity index (χ3v) is 5.57. The topological polar surface area (TPSA) is 61.4 Å². The molecule has 5 nitrogen and oxygen atoms in total. The zero-order chi connectivity index (χ0) is 17.3. The second-order valence-corrected chi connectivity index (χ2v) is 7.98. The first-order valence-electron chi connectivity index (χ1n) is 9.50. The van der Waals surface area contributed by atoms with Crippen LogP contribution in [-0.4, -0.2) is 41.9 Å². The molecule has 2 aliphatic carbocycles. The Morgan fingerprint density at radius 3 is 2.40 bits per heavy atom. The maximum atomic E-state index is 12.4. The van der Waals surface area contributed by atoms with Crippen LogP contribution in [0.15, 0.2) is 30.3 Å². The van der Waals surface area contributed by atoms with E-state index >= 15 is 0 Å². The van der Waals surface area contributed by atoms with Crippen molar-refractivity contribution in [2.24, 2.45) is 11.8 Å². The molecule has 0 unspecified atom stereocenters. The molecule has 134 valence electrons. The van der Waals surface area contributed by atoms with Gasteiger partial charge in [0.05, 0.1) is 5.54 Å². The van der Waals surface area contributed by atoms with E-state index in [9.17, 15) is 9.59 Å². The summed E-state index contributed by atoms with van der Waals surface area (Å²) in [6.45, 7) is 3.18. The lowest BCUT2D eigenvalue weighted by atomic mass is 9.97. The molecule has 1 saturated heterocycles. The van der Waals surface area contributed by atoms with Crippen LogP contribution in [0, 0.1) is 11.8 Å². The van der Waals surface area contributed by atoms with E-state index in [1.54, 1.807) is 0 Å². The monoisotopic (exact) mass is 341 g/mol. The molecule has 1 aromatic rings. The van der Waals surface area contributed by atoms with Gasteiger partial charge in [0.1, 0.15) is 0 Å². The maximum absolute atomic E-state index is 12.4. The van der Waals surface area contributed by atoms with E-state index in [1.165, 1.54) is 5.56 Å². The molecular formula is C20H27N3O2. The third kappa shape index (κ3) is 4.21. The number of nitrogens with one attached hydrogen (secondary N) is 2. The van der Waals surface area contributed by atoms with Gasteiger partial charge in [-0.25, -0.2) is 0 Å². The predicted octanol–water partition coefficient (Wildman–Crippen LogP) is 1.68. The van der Waals surface area contributed by atoms with Crippen LogP contribution in [0.2, 0.25) is 0 Å². The quantitative estimate of drug-likeness (QED) is 0.793. The smallest absolute Gasteiger partial charge is 0.223 e. The van der Waals surface area contributed by atoms with Crippen LogP contribution in [0.1, 0.15) is 37.7 Å². The second kappa shape index (κ2) is 6.79. The van der Waals surface area contributed by atoms with Crippen LogP contribution in [0.25, 0.3) is 0 Å². The Balaban J connectivity index is 1.39. The Labute approximate surface area is 149 Å². The number of carbonyl (C=O) groups excluding carboxylic acids is 2. The molecule has 1 atom stereocenters. The Kier molecular flexibility index (Phi) is 4.50. The minimum Gasteiger partial charge on any atom is -0.353 e. The highest BCUT2D eigenvalue weighted by Gasteiger charge is 2.43. The van der Waals surface area contributed by atoms with Crippen molar-refractivity contribution in [3.63, 3.8) is 0 Å². The summed E-state index contributed by atoms with van der Waals surface area (Å²) in [7, 11) is 0. The van der Waals surface area contributed by atoms with Gasteiger partial charge in [0.25, 0.3) is 0 Å². The number of likely N-dealkylation sites (tertiary alicyclic amines) is 1. The Hall–Kier alpha value is -1.88. The number of rotatable bonds is 7. The van der Waals surface area contributed by atoms with E-state index in [4.69, 9.17) is 0 Å². The van der Waals surface area contributed by atoms with Gasteiger partial charge < -0.3 is 10.6 Å². The molecule has 0 spiro atoms. The molecule has 2 N–H and O–H groups in total. The lowest BCUT2D eigenvalue weighted by Gasteiger charge is -2.31. The fourth-order valence-corrected chi connectivity index (χ4v) is 3.68. The molecule has 3 fully saturated rings. The fraction of sp³-hybridized carbons (Fsp3) is 0.600. The van der Waals surface area contributed by atoms with Crippen molar-refractivity contribution >= 4 is 11.8 Å². The largest absolute Gasteiger partial charge is 0.353 e. The lowest BCUT2D eigenvalue weighted by Crippen LogP contribution is -2.57. The highest BCUT2D eigenvalue weighted by molar-refractivity contribution is 5.82. The van der Waals surface area contributed by atoms with Crippen molar-refractivity contribution < 1.29 is 9.59 Å². The lowest BCUT2D eigenvalue weighted by molar-refractivity contribution is -0.126. The van der Waals surface area contributed by atoms with Crippen LogP contribution >= 0.6 is 0 Å². The van der Waals surface area contributed by atoms with Crippen LogP contribution in [-0.2, 0) is 16.1 Å². The van der Waals surface area contributed by atoms with E-state index in [2.05, 4.69) is 39.8 Å². The number of benzene rings is 1. The molecule has 0 bridgehead atoms. The minimum atomic E-state index is -0.320. The van der Waals surface area contributed by atoms with Crippen molar-refractivity contribution in [2.75, 3.05) is 19.6 Å². The van der Waals surface area contributed by atoms with Gasteiger partial charge in [0.2, 0.25) is 11.8 Å². The standard InChI is InChI=1S/C20H27N3O2/c24-18(16-6-7-16)21-13-20(22-19(25)17-8-9-17)10-11-23(14-20)12-15-4-2-1-3-5-15/h1-5,16-17H,6-14H2,(H,21,24)(H,22,25)/t20-/m1/s1. The highest BCUT2D eigenvalue weighted by atomic mass is 16.2. The first-order chi connectivity index (χ1) is 12.1. The first-order valence-corrected chi connectivity index (χ1v) is 9.50. The van der Waals surface area contributed by atoms with Gasteiger partial charge in [-0.3, -0.25) is 14.5 Å². The molecule has 1 aliphatic heterocycles. The predicted molar refractivity (Wildman–Crippen MR) is 95.7 cm³/mol. The van der Waals surface area contributed by atoms with Crippen molar-refractivity contribution in [1.29, 1.82) is 0 Å². The van der Waals surface area contributed by atoms with Crippen molar-refractivity contribution in [1.82, 2.24) is 15.5 Å². The van der Waals surface area contributed by atoms with Gasteiger partial charge in [-0.1, -0.05) is 30.3 Å². The van der Waals surface area contributed by atoms with Gasteiger partial charge >= 0.3 is 0 Å². The zero-order valence-corrected chi connectivity index (χ0v) is 14.7. The summed E-state index contributed by atoms with van der Waals surface area (Å²) in [4.78, 5) is 26.8. The summed E-state index contributed by atoms with van der Waals surface area (Å²) in [6, 6.07) is 10.4. The Morgan fingerprint density at radius 1 is 1.04 bits per heavy atom. The molecule has 25 heavy (non-hydrogen) atoms. The fourth-order valence-electron chi connectivity index (χ4n) is 3.68. The minimum absolute atomic E-state index is 0.154. The average molecular weight is 341 g/mol.